The molecular weight excluding hydrogens is 1130 g/mol. The Bertz CT molecular complexity index is 1520. The van der Waals surface area contributed by atoms with Gasteiger partial charge >= 0.3 is 19.8 Å². The largest absolute Gasteiger partial charge is 0.472 e. The topological polar surface area (TPSA) is 108 Å². The third-order valence-corrected chi connectivity index (χ3v) is 19.8. The minimum absolute atomic E-state index is 0.0370. The number of ether oxygens (including phenoxy) is 2. The number of hydrogen-bond acceptors (Lipinski definition) is 7. The number of quaternary nitrogens is 1. The maximum atomic E-state index is 12.9. The van der Waals surface area contributed by atoms with E-state index in [-0.39, 0.29) is 25.6 Å². The lowest BCUT2D eigenvalue weighted by Crippen LogP contribution is -2.37. The SMILES string of the molecule is CCCCCCCCCC/C=C\CCCCCCCCCCCCCCCCCCCCCCCCCC(=O)OC(COC(=O)CCCCCCCCCCCCCCCCCCCCCCCCCCCCCCCCC)COP(=O)(O)OCC[N+](C)(C)C. The van der Waals surface area contributed by atoms with Crippen molar-refractivity contribution >= 4 is 19.8 Å². The first-order valence-corrected chi connectivity index (χ1v) is 41.9. The van der Waals surface area contributed by atoms with Gasteiger partial charge in [-0.05, 0) is 38.5 Å². The monoisotopic (exact) mass is 1290 g/mol. The maximum Gasteiger partial charge on any atom is 0.472 e. The molecule has 9 nitrogen and oxygen atoms in total. The van der Waals surface area contributed by atoms with Gasteiger partial charge in [-0.3, -0.25) is 18.6 Å². The van der Waals surface area contributed by atoms with Crippen LogP contribution in [-0.4, -0.2) is 74.9 Å². The molecule has 1 N–H and O–H groups in total. The van der Waals surface area contributed by atoms with Crippen molar-refractivity contribution < 1.29 is 42.1 Å². The average Bonchev–Trinajstić information content (AvgIpc) is 3.61. The lowest BCUT2D eigenvalue weighted by molar-refractivity contribution is -0.870. The molecule has 0 aromatic heterocycles. The van der Waals surface area contributed by atoms with E-state index in [1.165, 1.54) is 372 Å². The zero-order valence-corrected chi connectivity index (χ0v) is 62.3. The molecule has 0 fully saturated rings. The van der Waals surface area contributed by atoms with E-state index in [1.807, 2.05) is 21.1 Å². The highest BCUT2D eigenvalue weighted by Gasteiger charge is 2.27. The van der Waals surface area contributed by atoms with E-state index >= 15 is 0 Å². The predicted molar refractivity (Wildman–Crippen MR) is 391 cm³/mol. The average molecular weight is 1290 g/mol. The molecule has 536 valence electrons. The Labute approximate surface area is 562 Å². The summed E-state index contributed by atoms with van der Waals surface area (Å²) in [6, 6.07) is 0. The first-order valence-electron chi connectivity index (χ1n) is 40.4. The quantitative estimate of drug-likeness (QED) is 0.0211. The Morgan fingerprint density at radius 1 is 0.333 bits per heavy atom. The van der Waals surface area contributed by atoms with Gasteiger partial charge in [0.1, 0.15) is 19.8 Å². The van der Waals surface area contributed by atoms with Crippen molar-refractivity contribution in [2.75, 3.05) is 47.5 Å². The molecule has 0 amide bonds. The van der Waals surface area contributed by atoms with E-state index in [2.05, 4.69) is 26.0 Å². The molecule has 0 aromatic carbocycles. The van der Waals surface area contributed by atoms with Crippen LogP contribution in [-0.2, 0) is 32.7 Å². The molecule has 0 saturated heterocycles. The highest BCUT2D eigenvalue weighted by molar-refractivity contribution is 7.47. The summed E-state index contributed by atoms with van der Waals surface area (Å²) in [6.45, 7) is 4.53. The van der Waals surface area contributed by atoms with E-state index in [4.69, 9.17) is 18.5 Å². The van der Waals surface area contributed by atoms with Gasteiger partial charge in [-0.25, -0.2) is 4.57 Å². The molecule has 0 aliphatic heterocycles. The summed E-state index contributed by atoms with van der Waals surface area (Å²) in [5, 5.41) is 0. The number of likely N-dealkylation sites (N-methyl/N-ethyl adjacent to an activating group) is 1. The molecule has 0 spiro atoms. The molecule has 0 radical (unpaired) electrons. The maximum absolute atomic E-state index is 12.9. The summed E-state index contributed by atoms with van der Waals surface area (Å²) >= 11 is 0. The van der Waals surface area contributed by atoms with Crippen LogP contribution in [0.1, 0.15) is 438 Å². The highest BCUT2D eigenvalue weighted by Crippen LogP contribution is 2.43. The Kier molecular flexibility index (Phi) is 71.0. The van der Waals surface area contributed by atoms with Gasteiger partial charge in [0.2, 0.25) is 0 Å². The molecule has 0 aromatic rings. The Morgan fingerprint density at radius 2 is 0.567 bits per heavy atom. The fraction of sp³-hybridized carbons (Fsp3) is 0.950. The van der Waals surface area contributed by atoms with E-state index in [0.717, 1.165) is 38.5 Å². The first kappa shape index (κ1) is 88.8. The van der Waals surface area contributed by atoms with Crippen LogP contribution in [0.25, 0.3) is 0 Å². The van der Waals surface area contributed by atoms with Gasteiger partial charge in [0.15, 0.2) is 6.10 Å². The number of esters is 2. The van der Waals surface area contributed by atoms with Crippen molar-refractivity contribution in [3.8, 4) is 0 Å². The number of hydrogen-bond donors (Lipinski definition) is 1. The third kappa shape index (κ3) is 75.8. The van der Waals surface area contributed by atoms with Crippen molar-refractivity contribution in [3.05, 3.63) is 12.2 Å². The molecule has 10 heteroatoms. The van der Waals surface area contributed by atoms with Crippen LogP contribution >= 0.6 is 7.82 Å². The molecule has 0 aliphatic carbocycles. The lowest BCUT2D eigenvalue weighted by atomic mass is 10.0. The summed E-state index contributed by atoms with van der Waals surface area (Å²) in [6.07, 6.45) is 90.9. The van der Waals surface area contributed by atoms with Crippen molar-refractivity contribution in [2.24, 2.45) is 0 Å². The van der Waals surface area contributed by atoms with Crippen LogP contribution in [0.5, 0.6) is 0 Å². The summed E-state index contributed by atoms with van der Waals surface area (Å²) in [5.41, 5.74) is 0. The summed E-state index contributed by atoms with van der Waals surface area (Å²) in [5.74, 6) is -0.766. The van der Waals surface area contributed by atoms with E-state index in [0.29, 0.717) is 17.4 Å². The second kappa shape index (κ2) is 72.0. The molecule has 2 unspecified atom stereocenters. The highest BCUT2D eigenvalue weighted by atomic mass is 31.2. The van der Waals surface area contributed by atoms with Gasteiger partial charge in [0.05, 0.1) is 27.7 Å². The van der Waals surface area contributed by atoms with Crippen LogP contribution in [0, 0.1) is 0 Å². The molecule has 0 rings (SSSR count). The van der Waals surface area contributed by atoms with Gasteiger partial charge in [0.25, 0.3) is 0 Å². The van der Waals surface area contributed by atoms with Gasteiger partial charge in [-0.1, -0.05) is 398 Å². The fourth-order valence-corrected chi connectivity index (χ4v) is 13.3. The second-order valence-electron chi connectivity index (χ2n) is 29.2. The third-order valence-electron chi connectivity index (χ3n) is 18.8. The van der Waals surface area contributed by atoms with Gasteiger partial charge in [-0.2, -0.15) is 0 Å². The lowest BCUT2D eigenvalue weighted by Gasteiger charge is -2.24. The minimum atomic E-state index is -4.39. The number of rotatable bonds is 77. The number of phosphoric acid groups is 1. The molecular formula is C80H159NO8P+. The molecule has 0 bridgehead atoms. The van der Waals surface area contributed by atoms with Crippen LogP contribution in [0.4, 0.5) is 0 Å². The van der Waals surface area contributed by atoms with E-state index in [1.54, 1.807) is 0 Å². The fourth-order valence-electron chi connectivity index (χ4n) is 12.6. The summed E-state index contributed by atoms with van der Waals surface area (Å²) < 4.78 is 34.8. The van der Waals surface area contributed by atoms with Crippen LogP contribution in [0.3, 0.4) is 0 Å². The number of carbonyl (C=O) groups excluding carboxylic acids is 2. The number of nitrogens with zero attached hydrogens (tertiary/aromatic N) is 1. The van der Waals surface area contributed by atoms with Crippen molar-refractivity contribution in [2.45, 2.75) is 444 Å². The van der Waals surface area contributed by atoms with Gasteiger partial charge in [-0.15, -0.1) is 0 Å². The standard InChI is InChI=1S/C80H158NO8P/c1-6-8-10-12-14-16-18-20-22-24-26-28-30-32-34-36-38-39-40-41-43-45-47-49-51-53-55-57-59-61-63-65-67-69-71-73-80(83)89-78(77-88-90(84,85)87-75-74-81(3,4)5)76-86-79(82)72-70-68-66-64-62-60-58-56-54-52-50-48-46-44-42-37-35-33-31-29-27-25-23-21-19-17-15-13-11-9-7-2/h24,26,78H,6-23,25,27-77H2,1-5H3/p+1/b26-24-. The Hall–Kier alpha value is -1.25. The van der Waals surface area contributed by atoms with E-state index in [9.17, 15) is 19.0 Å². The van der Waals surface area contributed by atoms with Crippen LogP contribution in [0.15, 0.2) is 12.2 Å². The number of allylic oxidation sites excluding steroid dienone is 2. The number of unbranched alkanes of at least 4 members (excludes halogenated alkanes) is 61. The molecule has 0 aliphatic rings. The first-order chi connectivity index (χ1) is 44.0. The molecule has 0 saturated carbocycles. The van der Waals surface area contributed by atoms with Crippen LogP contribution in [0.2, 0.25) is 0 Å². The van der Waals surface area contributed by atoms with Gasteiger partial charge in [0, 0.05) is 12.8 Å². The molecule has 90 heavy (non-hydrogen) atoms. The number of phosphoric ester groups is 1. The van der Waals surface area contributed by atoms with Crippen LogP contribution < -0.4 is 0 Å². The van der Waals surface area contributed by atoms with Crippen molar-refractivity contribution in [1.82, 2.24) is 0 Å². The van der Waals surface area contributed by atoms with E-state index < -0.39 is 26.5 Å². The molecule has 2 atom stereocenters. The smallest absolute Gasteiger partial charge is 0.462 e. The Morgan fingerprint density at radius 3 is 0.822 bits per heavy atom. The van der Waals surface area contributed by atoms with Crippen molar-refractivity contribution in [1.29, 1.82) is 0 Å². The minimum Gasteiger partial charge on any atom is -0.462 e. The zero-order valence-electron chi connectivity index (χ0n) is 61.4. The second-order valence-corrected chi connectivity index (χ2v) is 30.6. The summed E-state index contributed by atoms with van der Waals surface area (Å²) in [7, 11) is 1.51. The zero-order chi connectivity index (χ0) is 65.5. The predicted octanol–water partition coefficient (Wildman–Crippen LogP) is 26.6. The summed E-state index contributed by atoms with van der Waals surface area (Å²) in [4.78, 5) is 36.0. The van der Waals surface area contributed by atoms with Gasteiger partial charge < -0.3 is 18.9 Å². The Balaban J connectivity index is 3.89. The normalized spacial score (nSPS) is 13.0. The molecule has 0 heterocycles. The van der Waals surface area contributed by atoms with Crippen molar-refractivity contribution in [3.63, 3.8) is 0 Å². The number of carbonyl (C=O) groups is 2.